The van der Waals surface area contributed by atoms with Gasteiger partial charge in [-0.05, 0) is 31.8 Å². The summed E-state index contributed by atoms with van der Waals surface area (Å²) in [5.74, 6) is 0. The van der Waals surface area contributed by atoms with Gasteiger partial charge in [-0.1, -0.05) is 26.8 Å². The number of hydrogen-bond acceptors (Lipinski definition) is 1. The molecule has 0 aromatic rings. The van der Waals surface area contributed by atoms with E-state index in [0.29, 0.717) is 0 Å². The zero-order chi connectivity index (χ0) is 9.41. The summed E-state index contributed by atoms with van der Waals surface area (Å²) in [4.78, 5) is 4.72. The van der Waals surface area contributed by atoms with Gasteiger partial charge in [0.1, 0.15) is 0 Å². The summed E-state index contributed by atoms with van der Waals surface area (Å²) in [6, 6.07) is 0. The van der Waals surface area contributed by atoms with Crippen LogP contribution in [0.5, 0.6) is 0 Å². The van der Waals surface area contributed by atoms with Gasteiger partial charge in [0.05, 0.1) is 5.54 Å². The molecule has 1 unspecified atom stereocenters. The van der Waals surface area contributed by atoms with E-state index in [2.05, 4.69) is 46.8 Å². The van der Waals surface area contributed by atoms with E-state index in [-0.39, 0.29) is 11.0 Å². The van der Waals surface area contributed by atoms with E-state index in [1.54, 1.807) is 0 Å². The van der Waals surface area contributed by atoms with Crippen molar-refractivity contribution in [2.24, 2.45) is 10.4 Å². The number of hydrogen-bond donors (Lipinski definition) is 0. The van der Waals surface area contributed by atoms with Crippen LogP contribution < -0.4 is 0 Å². The molecule has 0 amide bonds. The average molecular weight is 165 g/mol. The Labute approximate surface area is 75.6 Å². The van der Waals surface area contributed by atoms with Gasteiger partial charge in [-0.25, -0.2) is 0 Å². The van der Waals surface area contributed by atoms with Crippen LogP contribution in [0.25, 0.3) is 0 Å². The van der Waals surface area contributed by atoms with Crippen LogP contribution in [-0.2, 0) is 0 Å². The fourth-order valence-electron chi connectivity index (χ4n) is 1.40. The number of dihydropyridines is 1. The largest absolute Gasteiger partial charge is 0.283 e. The number of nitrogens with zero attached hydrogens (tertiary/aromatic N) is 1. The van der Waals surface area contributed by atoms with Crippen molar-refractivity contribution in [3.8, 4) is 0 Å². The molecule has 1 rings (SSSR count). The van der Waals surface area contributed by atoms with Crippen LogP contribution in [0.1, 0.15) is 41.0 Å². The highest BCUT2D eigenvalue weighted by Gasteiger charge is 2.36. The summed E-state index contributed by atoms with van der Waals surface area (Å²) in [5, 5.41) is 0. The van der Waals surface area contributed by atoms with Crippen LogP contribution in [-0.4, -0.2) is 11.3 Å². The van der Waals surface area contributed by atoms with E-state index in [4.69, 9.17) is 4.99 Å². The summed E-state index contributed by atoms with van der Waals surface area (Å²) in [6.45, 7) is 11.1. The number of aliphatic imine (C=N–C) groups is 1. The molecule has 1 nitrogen and oxygen atoms in total. The third-order valence-corrected chi connectivity index (χ3v) is 2.91. The third-order valence-electron chi connectivity index (χ3n) is 2.91. The number of allylic oxidation sites excluding steroid dienone is 1. The lowest BCUT2D eigenvalue weighted by molar-refractivity contribution is 0.212. The van der Waals surface area contributed by atoms with Crippen molar-refractivity contribution in [1.29, 1.82) is 0 Å². The molecule has 0 aliphatic carbocycles. The summed E-state index contributed by atoms with van der Waals surface area (Å²) in [5.41, 5.74) is 1.49. The highest BCUT2D eigenvalue weighted by molar-refractivity contribution is 5.93. The fourth-order valence-corrected chi connectivity index (χ4v) is 1.40. The van der Waals surface area contributed by atoms with E-state index in [9.17, 15) is 0 Å². The second kappa shape index (κ2) is 2.72. The molecule has 0 radical (unpaired) electrons. The molecule has 0 N–H and O–H groups in total. The van der Waals surface area contributed by atoms with Crippen LogP contribution in [0.3, 0.4) is 0 Å². The van der Waals surface area contributed by atoms with Crippen molar-refractivity contribution in [1.82, 2.24) is 0 Å². The van der Waals surface area contributed by atoms with Crippen LogP contribution in [0, 0.1) is 5.41 Å². The molecule has 1 heteroatoms. The van der Waals surface area contributed by atoms with Crippen molar-refractivity contribution in [2.75, 3.05) is 0 Å². The molecule has 0 spiro atoms. The first-order chi connectivity index (χ1) is 5.35. The van der Waals surface area contributed by atoms with Crippen LogP contribution in [0.2, 0.25) is 0 Å². The molecule has 0 saturated carbocycles. The van der Waals surface area contributed by atoms with Gasteiger partial charge in [-0.2, -0.15) is 0 Å². The van der Waals surface area contributed by atoms with Crippen LogP contribution >= 0.6 is 0 Å². The molecular weight excluding hydrogens is 146 g/mol. The highest BCUT2D eigenvalue weighted by Crippen LogP contribution is 2.38. The predicted octanol–water partition coefficient (Wildman–Crippen LogP) is 3.21. The van der Waals surface area contributed by atoms with Crippen molar-refractivity contribution in [3.63, 3.8) is 0 Å². The third kappa shape index (κ3) is 1.60. The Kier molecular flexibility index (Phi) is 2.15. The topological polar surface area (TPSA) is 12.4 Å². The minimum Gasteiger partial charge on any atom is -0.283 e. The summed E-state index contributed by atoms with van der Waals surface area (Å²) >= 11 is 0. The van der Waals surface area contributed by atoms with E-state index in [0.717, 1.165) is 12.1 Å². The molecule has 0 aromatic heterocycles. The molecular formula is C11H19N. The lowest BCUT2D eigenvalue weighted by Crippen LogP contribution is -2.39. The Balaban J connectivity index is 2.95. The zero-order valence-electron chi connectivity index (χ0n) is 8.81. The molecule has 1 atom stereocenters. The number of rotatable bonds is 0. The standard InChI is InChI=1S/C11H19N/c1-9-7-6-8-11(5,12-9)10(2,3)4/h6-7H,8H2,1-5H3. The van der Waals surface area contributed by atoms with Gasteiger partial charge in [0, 0.05) is 5.71 Å². The van der Waals surface area contributed by atoms with E-state index >= 15 is 0 Å². The quantitative estimate of drug-likeness (QED) is 0.522. The van der Waals surface area contributed by atoms with E-state index in [1.165, 1.54) is 0 Å². The van der Waals surface area contributed by atoms with Crippen LogP contribution in [0.15, 0.2) is 17.1 Å². The first-order valence-corrected chi connectivity index (χ1v) is 4.58. The maximum absolute atomic E-state index is 4.72. The molecule has 1 aliphatic rings. The molecule has 1 aliphatic heterocycles. The molecule has 0 aromatic carbocycles. The molecule has 0 bridgehead atoms. The highest BCUT2D eigenvalue weighted by atomic mass is 14.9. The van der Waals surface area contributed by atoms with Crippen molar-refractivity contribution < 1.29 is 0 Å². The lowest BCUT2D eigenvalue weighted by atomic mass is 9.72. The van der Waals surface area contributed by atoms with Gasteiger partial charge in [-0.15, -0.1) is 0 Å². The fraction of sp³-hybridized carbons (Fsp3) is 0.727. The maximum atomic E-state index is 4.72. The van der Waals surface area contributed by atoms with Gasteiger partial charge in [0.25, 0.3) is 0 Å². The first-order valence-electron chi connectivity index (χ1n) is 4.58. The monoisotopic (exact) mass is 165 g/mol. The lowest BCUT2D eigenvalue weighted by Gasteiger charge is -2.39. The van der Waals surface area contributed by atoms with Crippen molar-refractivity contribution >= 4 is 5.71 Å². The second-order valence-corrected chi connectivity index (χ2v) is 4.88. The molecule has 12 heavy (non-hydrogen) atoms. The first kappa shape index (κ1) is 9.50. The van der Waals surface area contributed by atoms with E-state index in [1.807, 2.05) is 0 Å². The minimum absolute atomic E-state index is 0.0891. The Morgan fingerprint density at radius 3 is 2.33 bits per heavy atom. The van der Waals surface area contributed by atoms with Crippen molar-refractivity contribution in [2.45, 2.75) is 46.6 Å². The Morgan fingerprint density at radius 1 is 1.42 bits per heavy atom. The SMILES string of the molecule is CC1=NC(C)(C(C)(C)C)CC=C1. The second-order valence-electron chi connectivity index (χ2n) is 4.88. The molecule has 0 saturated heterocycles. The normalized spacial score (nSPS) is 30.2. The Morgan fingerprint density at radius 2 is 2.00 bits per heavy atom. The van der Waals surface area contributed by atoms with Gasteiger partial charge in [0.2, 0.25) is 0 Å². The van der Waals surface area contributed by atoms with Crippen LogP contribution in [0.4, 0.5) is 0 Å². The maximum Gasteiger partial charge on any atom is 0.0665 e. The van der Waals surface area contributed by atoms with E-state index < -0.39 is 0 Å². The smallest absolute Gasteiger partial charge is 0.0665 e. The Bertz CT molecular complexity index is 230. The Hall–Kier alpha value is -0.590. The van der Waals surface area contributed by atoms with Gasteiger partial charge in [0.15, 0.2) is 0 Å². The molecule has 68 valence electrons. The van der Waals surface area contributed by atoms with Gasteiger partial charge >= 0.3 is 0 Å². The van der Waals surface area contributed by atoms with Gasteiger partial charge < -0.3 is 0 Å². The zero-order valence-corrected chi connectivity index (χ0v) is 8.81. The summed E-state index contributed by atoms with van der Waals surface area (Å²) in [6.07, 6.45) is 5.40. The summed E-state index contributed by atoms with van der Waals surface area (Å²) in [7, 11) is 0. The van der Waals surface area contributed by atoms with Gasteiger partial charge in [-0.3, -0.25) is 4.99 Å². The predicted molar refractivity (Wildman–Crippen MR) is 54.7 cm³/mol. The minimum atomic E-state index is 0.0891. The summed E-state index contributed by atoms with van der Waals surface area (Å²) < 4.78 is 0. The van der Waals surface area contributed by atoms with Crippen molar-refractivity contribution in [3.05, 3.63) is 12.2 Å². The molecule has 0 fully saturated rings. The average Bonchev–Trinajstić information content (AvgIpc) is 1.83. The molecule has 1 heterocycles.